The number of hydrogen-bond donors (Lipinski definition) is 2. The van der Waals surface area contributed by atoms with Crippen molar-refractivity contribution in [2.45, 2.75) is 52.9 Å². The Kier molecular flexibility index (Phi) is 7.34. The standard InChI is InChI=1S/C37H36N2O4S/c1-22-8-13-31(25(4)17-22)38-27-10-12-29-33(20-27)43-35-21-28(39-32-14-9-23(2)18-26(32)5)15-16-37(35,6)36(29)30-11-7-24(3)19-34(30)44(40,41)42/h7-15,17-21,39H,16H2,1-6H3,(H,40,41,42). The second kappa shape index (κ2) is 10.9. The molecule has 44 heavy (non-hydrogen) atoms. The molecule has 6 rings (SSSR count). The number of rotatable bonds is 5. The summed E-state index contributed by atoms with van der Waals surface area (Å²) in [7, 11) is -4.52. The van der Waals surface area contributed by atoms with Crippen molar-refractivity contribution in [1.29, 1.82) is 0 Å². The van der Waals surface area contributed by atoms with Crippen LogP contribution in [0, 0.1) is 40.0 Å². The predicted octanol–water partition coefficient (Wildman–Crippen LogP) is 8.78. The summed E-state index contributed by atoms with van der Waals surface area (Å²) < 4.78 is 42.4. The average molecular weight is 605 g/mol. The van der Waals surface area contributed by atoms with Crippen LogP contribution >= 0.6 is 0 Å². The van der Waals surface area contributed by atoms with Crippen molar-refractivity contribution in [3.05, 3.63) is 141 Å². The van der Waals surface area contributed by atoms with Gasteiger partial charge in [0, 0.05) is 34.7 Å². The summed E-state index contributed by atoms with van der Waals surface area (Å²) >= 11 is 0. The number of aryl methyl sites for hydroxylation is 5. The lowest BCUT2D eigenvalue weighted by atomic mass is 9.68. The topological polar surface area (TPSA) is 88.0 Å². The van der Waals surface area contributed by atoms with Crippen molar-refractivity contribution < 1.29 is 17.7 Å². The summed E-state index contributed by atoms with van der Waals surface area (Å²) in [4.78, 5) is 4.78. The van der Waals surface area contributed by atoms with Crippen molar-refractivity contribution in [2.75, 3.05) is 5.32 Å². The molecule has 0 saturated carbocycles. The number of nitrogens with one attached hydrogen (secondary N) is 1. The smallest absolute Gasteiger partial charge is 0.295 e. The van der Waals surface area contributed by atoms with Crippen LogP contribution in [-0.2, 0) is 14.9 Å². The van der Waals surface area contributed by atoms with Gasteiger partial charge in [-0.15, -0.1) is 0 Å². The molecule has 3 aliphatic rings. The third-order valence-electron chi connectivity index (χ3n) is 8.51. The molecule has 0 fully saturated rings. The third-order valence-corrected chi connectivity index (χ3v) is 9.41. The van der Waals surface area contributed by atoms with Gasteiger partial charge in [0.1, 0.15) is 16.4 Å². The van der Waals surface area contributed by atoms with Gasteiger partial charge >= 0.3 is 0 Å². The molecule has 0 radical (unpaired) electrons. The molecular weight excluding hydrogens is 568 g/mol. The lowest BCUT2D eigenvalue weighted by Gasteiger charge is -2.43. The highest BCUT2D eigenvalue weighted by atomic mass is 32.2. The van der Waals surface area contributed by atoms with Gasteiger partial charge in [0.15, 0.2) is 0 Å². The van der Waals surface area contributed by atoms with Crippen LogP contribution in [0.2, 0.25) is 0 Å². The Hall–Kier alpha value is -4.46. The molecular formula is C37H36N2O4S. The molecule has 6 nitrogen and oxygen atoms in total. The minimum atomic E-state index is -4.52. The maximum absolute atomic E-state index is 12.7. The first-order valence-corrected chi connectivity index (χ1v) is 16.1. The van der Waals surface area contributed by atoms with Gasteiger partial charge in [0.05, 0.1) is 16.8 Å². The molecule has 0 aromatic heterocycles. The zero-order chi connectivity index (χ0) is 31.4. The molecule has 224 valence electrons. The lowest BCUT2D eigenvalue weighted by molar-refractivity contribution is 0.221. The second-order valence-corrected chi connectivity index (χ2v) is 13.6. The molecule has 1 aliphatic heterocycles. The zero-order valence-corrected chi connectivity index (χ0v) is 26.6. The maximum Gasteiger partial charge on any atom is 0.295 e. The van der Waals surface area contributed by atoms with E-state index in [0.29, 0.717) is 23.5 Å². The Morgan fingerprint density at radius 1 is 0.864 bits per heavy atom. The van der Waals surface area contributed by atoms with Crippen molar-refractivity contribution in [1.82, 2.24) is 0 Å². The highest BCUT2D eigenvalue weighted by Gasteiger charge is 2.45. The minimum absolute atomic E-state index is 0.117. The Balaban J connectivity index is 1.51. The summed E-state index contributed by atoms with van der Waals surface area (Å²) in [5.74, 6) is 1.25. The van der Waals surface area contributed by atoms with Crippen LogP contribution < -0.4 is 5.32 Å². The quantitative estimate of drug-likeness (QED) is 0.284. The van der Waals surface area contributed by atoms with Crippen molar-refractivity contribution in [3.63, 3.8) is 0 Å². The van der Waals surface area contributed by atoms with Gasteiger partial charge in [-0.25, -0.2) is 4.99 Å². The molecule has 3 aromatic rings. The van der Waals surface area contributed by atoms with E-state index in [0.717, 1.165) is 50.6 Å². The van der Waals surface area contributed by atoms with Crippen LogP contribution in [0.3, 0.4) is 0 Å². The lowest BCUT2D eigenvalue weighted by Crippen LogP contribution is -2.32. The Morgan fingerprint density at radius 3 is 2.25 bits per heavy atom. The van der Waals surface area contributed by atoms with E-state index >= 15 is 0 Å². The fourth-order valence-electron chi connectivity index (χ4n) is 6.19. The predicted molar refractivity (Wildman–Crippen MR) is 178 cm³/mol. The van der Waals surface area contributed by atoms with Gasteiger partial charge in [-0.1, -0.05) is 53.6 Å². The normalized spacial score (nSPS) is 20.3. The van der Waals surface area contributed by atoms with Crippen LogP contribution in [0.1, 0.15) is 46.7 Å². The molecule has 1 heterocycles. The van der Waals surface area contributed by atoms with Crippen molar-refractivity contribution >= 4 is 32.8 Å². The summed E-state index contributed by atoms with van der Waals surface area (Å²) in [5.41, 5.74) is 10.1. The van der Waals surface area contributed by atoms with Crippen LogP contribution in [0.4, 0.5) is 11.4 Å². The first kappa shape index (κ1) is 29.6. The number of anilines is 1. The third kappa shape index (κ3) is 5.49. The number of nitrogens with zero attached hydrogens (tertiary/aromatic N) is 1. The molecule has 0 saturated heterocycles. The molecule has 2 aliphatic carbocycles. The summed E-state index contributed by atoms with van der Waals surface area (Å²) in [6.45, 7) is 12.1. The number of fused-ring (bicyclic) bond motifs is 2. The van der Waals surface area contributed by atoms with E-state index in [-0.39, 0.29) is 4.90 Å². The molecule has 2 N–H and O–H groups in total. The van der Waals surface area contributed by atoms with Gasteiger partial charge in [-0.2, -0.15) is 8.42 Å². The first-order valence-electron chi connectivity index (χ1n) is 14.7. The van der Waals surface area contributed by atoms with E-state index in [1.54, 1.807) is 6.07 Å². The average Bonchev–Trinajstić information content (AvgIpc) is 2.95. The van der Waals surface area contributed by atoms with E-state index in [1.165, 1.54) is 17.2 Å². The molecule has 3 aromatic carbocycles. The van der Waals surface area contributed by atoms with E-state index in [9.17, 15) is 13.0 Å². The molecule has 0 spiro atoms. The number of allylic oxidation sites excluding steroid dienone is 6. The number of aliphatic imine (C=N–C) groups is 1. The fraction of sp³-hybridized carbons (Fsp3) is 0.216. The molecule has 1 unspecified atom stereocenters. The van der Waals surface area contributed by atoms with E-state index in [2.05, 4.69) is 63.4 Å². The maximum atomic E-state index is 12.7. The molecule has 0 amide bonds. The Morgan fingerprint density at radius 2 is 1.55 bits per heavy atom. The van der Waals surface area contributed by atoms with Crippen LogP contribution in [0.25, 0.3) is 5.57 Å². The number of ether oxygens (including phenoxy) is 1. The highest BCUT2D eigenvalue weighted by molar-refractivity contribution is 7.86. The van der Waals surface area contributed by atoms with Gasteiger partial charge < -0.3 is 10.1 Å². The van der Waals surface area contributed by atoms with Crippen molar-refractivity contribution in [2.24, 2.45) is 10.4 Å². The number of hydrogen-bond acceptors (Lipinski definition) is 5. The van der Waals surface area contributed by atoms with Crippen LogP contribution in [0.15, 0.2) is 118 Å². The summed E-state index contributed by atoms with van der Waals surface area (Å²) in [6, 6.07) is 17.6. The van der Waals surface area contributed by atoms with Gasteiger partial charge in [-0.05, 0) is 101 Å². The Labute approximate surface area is 259 Å². The monoisotopic (exact) mass is 604 g/mol. The van der Waals surface area contributed by atoms with E-state index < -0.39 is 15.5 Å². The van der Waals surface area contributed by atoms with Gasteiger partial charge in [-0.3, -0.25) is 4.55 Å². The largest absolute Gasteiger partial charge is 0.460 e. The van der Waals surface area contributed by atoms with E-state index in [4.69, 9.17) is 9.73 Å². The van der Waals surface area contributed by atoms with Crippen molar-refractivity contribution in [3.8, 4) is 0 Å². The summed E-state index contributed by atoms with van der Waals surface area (Å²) in [6.07, 6.45) is 10.4. The minimum Gasteiger partial charge on any atom is -0.460 e. The van der Waals surface area contributed by atoms with Crippen LogP contribution in [0.5, 0.6) is 0 Å². The van der Waals surface area contributed by atoms with Crippen LogP contribution in [-0.4, -0.2) is 18.7 Å². The molecule has 1 atom stereocenters. The highest BCUT2D eigenvalue weighted by Crippen LogP contribution is 2.55. The second-order valence-electron chi connectivity index (χ2n) is 12.2. The van der Waals surface area contributed by atoms with E-state index in [1.807, 2.05) is 56.4 Å². The van der Waals surface area contributed by atoms with Gasteiger partial charge in [0.2, 0.25) is 0 Å². The Bertz CT molecular complexity index is 2030. The molecule has 0 bridgehead atoms. The first-order chi connectivity index (χ1) is 20.8. The molecule has 7 heteroatoms. The zero-order valence-electron chi connectivity index (χ0n) is 25.8. The van der Waals surface area contributed by atoms with Gasteiger partial charge in [0.25, 0.3) is 10.1 Å². The fourth-order valence-corrected chi connectivity index (χ4v) is 6.97. The summed E-state index contributed by atoms with van der Waals surface area (Å²) in [5, 5.41) is 3.54. The number of benzene rings is 3. The SMILES string of the molecule is Cc1ccc(N=C2C=CC3=C(c4ccc(C)cc4S(=O)(=O)O)C4(C)CC=C(Nc5ccc(C)cc5C)C=C4OC3=C2)c(C)c1.